The molecule has 112 valence electrons. The molecule has 0 saturated heterocycles. The summed E-state index contributed by atoms with van der Waals surface area (Å²) in [5.74, 6) is -0.630. The van der Waals surface area contributed by atoms with Crippen LogP contribution in [0, 0.1) is 5.41 Å². The molecule has 1 aliphatic carbocycles. The van der Waals surface area contributed by atoms with Crippen molar-refractivity contribution in [2.75, 3.05) is 13.1 Å². The van der Waals surface area contributed by atoms with Crippen LogP contribution in [0.4, 0.5) is 0 Å². The van der Waals surface area contributed by atoms with Crippen molar-refractivity contribution in [3.8, 4) is 0 Å². The number of nitrogens with zero attached hydrogens (tertiary/aromatic N) is 1. The first kappa shape index (κ1) is 15.1. The molecule has 0 atom stereocenters. The van der Waals surface area contributed by atoms with E-state index < -0.39 is 5.97 Å². The first-order valence-corrected chi connectivity index (χ1v) is 7.66. The van der Waals surface area contributed by atoms with E-state index in [1.807, 2.05) is 11.8 Å². The normalized spacial score (nSPS) is 22.2. The van der Waals surface area contributed by atoms with Gasteiger partial charge in [-0.2, -0.15) is 0 Å². The number of carbonyl (C=O) groups is 2. The van der Waals surface area contributed by atoms with Crippen molar-refractivity contribution < 1.29 is 14.7 Å². The van der Waals surface area contributed by atoms with Crippen molar-refractivity contribution >= 4 is 11.9 Å². The predicted molar refractivity (Wildman–Crippen MR) is 77.3 cm³/mol. The lowest BCUT2D eigenvalue weighted by Gasteiger charge is -2.37. The summed E-state index contributed by atoms with van der Waals surface area (Å²) >= 11 is 0. The highest BCUT2D eigenvalue weighted by molar-refractivity contribution is 5.78. The van der Waals surface area contributed by atoms with Crippen molar-refractivity contribution in [1.29, 1.82) is 0 Å². The Hall–Kier alpha value is -1.32. The second kappa shape index (κ2) is 6.42. The Morgan fingerprint density at radius 1 is 1.25 bits per heavy atom. The number of hydrogen-bond donors (Lipinski definition) is 1. The molecule has 4 heteroatoms. The van der Waals surface area contributed by atoms with Gasteiger partial charge >= 0.3 is 5.97 Å². The third kappa shape index (κ3) is 3.84. The van der Waals surface area contributed by atoms with Crippen molar-refractivity contribution in [2.45, 2.75) is 58.3 Å². The maximum Gasteiger partial charge on any atom is 0.303 e. The summed E-state index contributed by atoms with van der Waals surface area (Å²) in [5, 5.41) is 9.16. The topological polar surface area (TPSA) is 57.6 Å². The van der Waals surface area contributed by atoms with E-state index in [-0.39, 0.29) is 17.7 Å². The summed E-state index contributed by atoms with van der Waals surface area (Å²) in [6, 6.07) is 0. The molecule has 0 bridgehead atoms. The Balaban J connectivity index is 2.01. The van der Waals surface area contributed by atoms with Crippen molar-refractivity contribution in [1.82, 2.24) is 4.90 Å². The van der Waals surface area contributed by atoms with Crippen LogP contribution in [0.1, 0.15) is 58.3 Å². The number of carboxylic acid groups (broad SMARTS) is 1. The maximum absolute atomic E-state index is 12.5. The van der Waals surface area contributed by atoms with Crippen LogP contribution >= 0.6 is 0 Å². The largest absolute Gasteiger partial charge is 0.481 e. The lowest BCUT2D eigenvalue weighted by atomic mass is 9.69. The molecular weight excluding hydrogens is 254 g/mol. The molecule has 1 aliphatic heterocycles. The van der Waals surface area contributed by atoms with Gasteiger partial charge in [-0.25, -0.2) is 0 Å². The molecule has 0 aromatic rings. The van der Waals surface area contributed by atoms with Gasteiger partial charge in [0.15, 0.2) is 0 Å². The lowest BCUT2D eigenvalue weighted by Crippen LogP contribution is -2.40. The third-order valence-corrected chi connectivity index (χ3v) is 4.65. The summed E-state index contributed by atoms with van der Waals surface area (Å²) in [6.07, 6.45) is 8.69. The molecule has 1 amide bonds. The van der Waals surface area contributed by atoms with Crippen molar-refractivity contribution in [2.24, 2.45) is 5.41 Å². The van der Waals surface area contributed by atoms with Gasteiger partial charge in [-0.15, -0.1) is 0 Å². The SMILES string of the molecule is CC1=CCCN(C(=O)CC2(CC(=O)O)CCCCC2)C1. The Morgan fingerprint density at radius 2 is 1.95 bits per heavy atom. The van der Waals surface area contributed by atoms with Crippen molar-refractivity contribution in [3.63, 3.8) is 0 Å². The fourth-order valence-electron chi connectivity index (χ4n) is 3.60. The average molecular weight is 279 g/mol. The van der Waals surface area contributed by atoms with Gasteiger partial charge in [0, 0.05) is 19.5 Å². The van der Waals surface area contributed by atoms with Gasteiger partial charge in [0.2, 0.25) is 5.91 Å². The van der Waals surface area contributed by atoms with Crippen LogP contribution in [0.3, 0.4) is 0 Å². The number of rotatable bonds is 4. The van der Waals surface area contributed by atoms with Gasteiger partial charge in [-0.05, 0) is 31.6 Å². The zero-order chi connectivity index (χ0) is 14.6. The molecule has 0 spiro atoms. The molecule has 1 heterocycles. The van der Waals surface area contributed by atoms with E-state index >= 15 is 0 Å². The molecule has 1 fully saturated rings. The van der Waals surface area contributed by atoms with E-state index in [4.69, 9.17) is 5.11 Å². The fourth-order valence-corrected chi connectivity index (χ4v) is 3.60. The molecule has 2 rings (SSSR count). The van der Waals surface area contributed by atoms with Gasteiger partial charge in [0.05, 0.1) is 6.42 Å². The summed E-state index contributed by atoms with van der Waals surface area (Å²) in [7, 11) is 0. The van der Waals surface area contributed by atoms with Crippen LogP contribution in [-0.4, -0.2) is 35.0 Å². The number of amides is 1. The quantitative estimate of drug-likeness (QED) is 0.805. The maximum atomic E-state index is 12.5. The highest BCUT2D eigenvalue weighted by Crippen LogP contribution is 2.42. The van der Waals surface area contributed by atoms with Crippen LogP contribution in [0.25, 0.3) is 0 Å². The van der Waals surface area contributed by atoms with Gasteiger partial charge < -0.3 is 10.0 Å². The minimum Gasteiger partial charge on any atom is -0.481 e. The fraction of sp³-hybridized carbons (Fsp3) is 0.750. The average Bonchev–Trinajstić information content (AvgIpc) is 2.38. The molecule has 0 aromatic carbocycles. The van der Waals surface area contributed by atoms with E-state index in [2.05, 4.69) is 6.08 Å². The highest BCUT2D eigenvalue weighted by Gasteiger charge is 2.37. The standard InChI is InChI=1S/C16H25NO3/c1-13-6-5-9-17(12-13)14(18)10-16(11-15(19)20)7-3-2-4-8-16/h6H,2-5,7-12H2,1H3,(H,19,20). The van der Waals surface area contributed by atoms with Crippen LogP contribution in [0.2, 0.25) is 0 Å². The molecular formula is C16H25NO3. The highest BCUT2D eigenvalue weighted by atomic mass is 16.4. The minimum absolute atomic E-state index is 0.139. The summed E-state index contributed by atoms with van der Waals surface area (Å²) in [4.78, 5) is 25.5. The first-order chi connectivity index (χ1) is 9.51. The Morgan fingerprint density at radius 3 is 2.55 bits per heavy atom. The smallest absolute Gasteiger partial charge is 0.303 e. The van der Waals surface area contributed by atoms with E-state index in [1.54, 1.807) is 0 Å². The van der Waals surface area contributed by atoms with Crippen LogP contribution < -0.4 is 0 Å². The van der Waals surface area contributed by atoms with Crippen LogP contribution in [0.15, 0.2) is 11.6 Å². The molecule has 4 nitrogen and oxygen atoms in total. The van der Waals surface area contributed by atoms with E-state index in [0.29, 0.717) is 13.0 Å². The second-order valence-electron chi connectivity index (χ2n) is 6.46. The van der Waals surface area contributed by atoms with Gasteiger partial charge in [-0.1, -0.05) is 30.9 Å². The third-order valence-electron chi connectivity index (χ3n) is 4.65. The Bertz CT molecular complexity index is 408. The summed E-state index contributed by atoms with van der Waals surface area (Å²) in [6.45, 7) is 3.54. The molecule has 2 aliphatic rings. The molecule has 1 saturated carbocycles. The van der Waals surface area contributed by atoms with Gasteiger partial charge in [0.25, 0.3) is 0 Å². The molecule has 20 heavy (non-hydrogen) atoms. The van der Waals surface area contributed by atoms with Gasteiger partial charge in [-0.3, -0.25) is 9.59 Å². The van der Waals surface area contributed by atoms with E-state index in [0.717, 1.165) is 38.6 Å². The van der Waals surface area contributed by atoms with Gasteiger partial charge in [0.1, 0.15) is 0 Å². The molecule has 0 unspecified atom stereocenters. The second-order valence-corrected chi connectivity index (χ2v) is 6.46. The summed E-state index contributed by atoms with van der Waals surface area (Å²) < 4.78 is 0. The number of carboxylic acids is 1. The van der Waals surface area contributed by atoms with Crippen LogP contribution in [-0.2, 0) is 9.59 Å². The molecule has 0 aromatic heterocycles. The number of hydrogen-bond acceptors (Lipinski definition) is 2. The lowest BCUT2D eigenvalue weighted by molar-refractivity contribution is -0.142. The zero-order valence-corrected chi connectivity index (χ0v) is 12.4. The first-order valence-electron chi connectivity index (χ1n) is 7.66. The minimum atomic E-state index is -0.769. The number of carbonyl (C=O) groups excluding carboxylic acids is 1. The van der Waals surface area contributed by atoms with Crippen LogP contribution in [0.5, 0.6) is 0 Å². The number of aliphatic carboxylic acids is 1. The zero-order valence-electron chi connectivity index (χ0n) is 12.4. The predicted octanol–water partition coefficient (Wildman–Crippen LogP) is 2.98. The Labute approximate surface area is 120 Å². The molecule has 1 N–H and O–H groups in total. The van der Waals surface area contributed by atoms with Crippen molar-refractivity contribution in [3.05, 3.63) is 11.6 Å². The van der Waals surface area contributed by atoms with E-state index in [9.17, 15) is 9.59 Å². The molecule has 0 radical (unpaired) electrons. The Kier molecular flexibility index (Phi) is 4.84. The van der Waals surface area contributed by atoms with E-state index in [1.165, 1.54) is 12.0 Å². The monoisotopic (exact) mass is 279 g/mol. The summed E-state index contributed by atoms with van der Waals surface area (Å²) in [5.41, 5.74) is 0.941.